The molecule has 4 atom stereocenters. The second-order valence-corrected chi connectivity index (χ2v) is 4.72. The Balaban J connectivity index is 2.92. The number of aliphatic hydroxyl groups is 1. The van der Waals surface area contributed by atoms with E-state index in [-0.39, 0.29) is 25.9 Å². The molecule has 126 valence electrons. The molecule has 1 unspecified atom stereocenters. The molecule has 0 radical (unpaired) electrons. The summed E-state index contributed by atoms with van der Waals surface area (Å²) in [7, 11) is 0. The van der Waals surface area contributed by atoms with Crippen molar-refractivity contribution in [3.63, 3.8) is 0 Å². The van der Waals surface area contributed by atoms with Gasteiger partial charge in [0, 0.05) is 19.3 Å². The minimum absolute atomic E-state index is 0.0804. The van der Waals surface area contributed by atoms with Crippen LogP contribution in [0.4, 0.5) is 0 Å². The van der Waals surface area contributed by atoms with Crippen molar-refractivity contribution in [3.8, 4) is 0 Å². The highest BCUT2D eigenvalue weighted by molar-refractivity contribution is 5.71. The molecule has 0 aromatic rings. The fraction of sp³-hybridized carbons (Fsp3) is 0.786. The highest BCUT2D eigenvalue weighted by atomic mass is 16.7. The molecule has 8 nitrogen and oxygen atoms in total. The lowest BCUT2D eigenvalue weighted by atomic mass is 10.0. The number of carbonyl (C=O) groups is 3. The molecule has 1 heterocycles. The molecule has 0 saturated carbocycles. The van der Waals surface area contributed by atoms with E-state index in [4.69, 9.17) is 18.9 Å². The molecule has 1 aliphatic rings. The Labute approximate surface area is 128 Å². The topological polar surface area (TPSA) is 108 Å². The van der Waals surface area contributed by atoms with Crippen LogP contribution in [0.25, 0.3) is 0 Å². The van der Waals surface area contributed by atoms with Crippen LogP contribution in [0.3, 0.4) is 0 Å². The predicted octanol–water partition coefficient (Wildman–Crippen LogP) is 0.300. The lowest BCUT2D eigenvalue weighted by Crippen LogP contribution is -2.57. The fourth-order valence-electron chi connectivity index (χ4n) is 1.85. The average Bonchev–Trinajstić information content (AvgIpc) is 2.52. The molecule has 0 bridgehead atoms. The van der Waals surface area contributed by atoms with E-state index >= 15 is 0 Å². The van der Waals surface area contributed by atoms with Gasteiger partial charge in [0.15, 0.2) is 24.6 Å². The monoisotopic (exact) mass is 318 g/mol. The van der Waals surface area contributed by atoms with Gasteiger partial charge in [-0.15, -0.1) is 0 Å². The Kier molecular flexibility index (Phi) is 7.26. The van der Waals surface area contributed by atoms with Gasteiger partial charge in [0.05, 0.1) is 6.61 Å². The van der Waals surface area contributed by atoms with Gasteiger partial charge in [0.2, 0.25) is 0 Å². The number of rotatable bonds is 6. The zero-order valence-corrected chi connectivity index (χ0v) is 12.9. The maximum absolute atomic E-state index is 11.6. The summed E-state index contributed by atoms with van der Waals surface area (Å²) in [6, 6.07) is 0. The molecule has 22 heavy (non-hydrogen) atoms. The Hall–Kier alpha value is -1.67. The maximum atomic E-state index is 11.6. The van der Waals surface area contributed by atoms with Crippen LogP contribution >= 0.6 is 0 Å². The number of esters is 3. The third-order valence-corrected chi connectivity index (χ3v) is 3.09. The predicted molar refractivity (Wildman–Crippen MR) is 72.5 cm³/mol. The van der Waals surface area contributed by atoms with Crippen LogP contribution in [0, 0.1) is 0 Å². The number of aliphatic hydroxyl groups excluding tert-OH is 1. The molecule has 8 heteroatoms. The van der Waals surface area contributed by atoms with Gasteiger partial charge in [0.25, 0.3) is 0 Å². The third-order valence-electron chi connectivity index (χ3n) is 3.09. The van der Waals surface area contributed by atoms with Crippen molar-refractivity contribution in [2.24, 2.45) is 0 Å². The molecule has 1 fully saturated rings. The average molecular weight is 318 g/mol. The third kappa shape index (κ3) is 4.96. The van der Waals surface area contributed by atoms with Crippen LogP contribution < -0.4 is 0 Å². The molecule has 0 spiro atoms. The van der Waals surface area contributed by atoms with Crippen molar-refractivity contribution < 1.29 is 38.4 Å². The van der Waals surface area contributed by atoms with E-state index in [1.165, 1.54) is 0 Å². The first kappa shape index (κ1) is 18.4. The van der Waals surface area contributed by atoms with E-state index in [0.29, 0.717) is 0 Å². The van der Waals surface area contributed by atoms with E-state index in [0.717, 1.165) is 0 Å². The van der Waals surface area contributed by atoms with Gasteiger partial charge < -0.3 is 24.1 Å². The summed E-state index contributed by atoms with van der Waals surface area (Å²) in [6.07, 6.45) is -4.45. The summed E-state index contributed by atoms with van der Waals surface area (Å²) < 4.78 is 20.5. The molecule has 0 aromatic carbocycles. The quantitative estimate of drug-likeness (QED) is 0.550. The number of hydrogen-bond acceptors (Lipinski definition) is 8. The zero-order valence-electron chi connectivity index (χ0n) is 12.9. The highest BCUT2D eigenvalue weighted by Crippen LogP contribution is 2.24. The Morgan fingerprint density at radius 2 is 1.36 bits per heavy atom. The van der Waals surface area contributed by atoms with Crippen LogP contribution in [0.2, 0.25) is 0 Å². The van der Waals surface area contributed by atoms with E-state index in [9.17, 15) is 19.5 Å². The lowest BCUT2D eigenvalue weighted by Gasteiger charge is -2.38. The summed E-state index contributed by atoms with van der Waals surface area (Å²) in [4.78, 5) is 34.5. The Morgan fingerprint density at radius 1 is 0.909 bits per heavy atom. The van der Waals surface area contributed by atoms with E-state index in [1.807, 2.05) is 0 Å². The molecule has 1 aliphatic heterocycles. The first-order chi connectivity index (χ1) is 10.4. The first-order valence-electron chi connectivity index (χ1n) is 7.30. The molecule has 1 rings (SSSR count). The van der Waals surface area contributed by atoms with Gasteiger partial charge in [0.1, 0.15) is 0 Å². The van der Waals surface area contributed by atoms with Crippen molar-refractivity contribution in [1.82, 2.24) is 0 Å². The molecule has 1 saturated heterocycles. The molecule has 0 amide bonds. The minimum Gasteiger partial charge on any atom is -0.456 e. The SMILES string of the molecule is CCC(=O)O[C@H]1[C@@H](OC(=O)CC)COC(O)[C@@H]1OC(=O)CC. The summed E-state index contributed by atoms with van der Waals surface area (Å²) in [5, 5.41) is 9.85. The first-order valence-corrected chi connectivity index (χ1v) is 7.30. The molecule has 1 N–H and O–H groups in total. The van der Waals surface area contributed by atoms with E-state index in [2.05, 4.69) is 0 Å². The second kappa shape index (κ2) is 8.70. The standard InChI is InChI=1S/C14H22O8/c1-4-9(15)20-8-7-19-14(18)13(22-11(17)6-3)12(8)21-10(16)5-2/h8,12-14,18H,4-7H2,1-3H3/t8-,12-,13+,14?/m0/s1. The lowest BCUT2D eigenvalue weighted by molar-refractivity contribution is -0.268. The van der Waals surface area contributed by atoms with Crippen LogP contribution in [-0.2, 0) is 33.3 Å². The summed E-state index contributed by atoms with van der Waals surface area (Å²) in [5.41, 5.74) is 0. The number of ether oxygens (including phenoxy) is 4. The number of hydrogen-bond donors (Lipinski definition) is 1. The van der Waals surface area contributed by atoms with Crippen LogP contribution in [0.1, 0.15) is 40.0 Å². The second-order valence-electron chi connectivity index (χ2n) is 4.72. The zero-order chi connectivity index (χ0) is 16.7. The van der Waals surface area contributed by atoms with Crippen LogP contribution in [-0.4, -0.2) is 54.2 Å². The van der Waals surface area contributed by atoms with Crippen molar-refractivity contribution in [3.05, 3.63) is 0 Å². The van der Waals surface area contributed by atoms with Crippen molar-refractivity contribution >= 4 is 17.9 Å². The smallest absolute Gasteiger partial charge is 0.306 e. The fourth-order valence-corrected chi connectivity index (χ4v) is 1.85. The van der Waals surface area contributed by atoms with Crippen molar-refractivity contribution in [2.45, 2.75) is 64.6 Å². The highest BCUT2D eigenvalue weighted by Gasteiger charge is 2.46. The van der Waals surface area contributed by atoms with Gasteiger partial charge in [-0.05, 0) is 0 Å². The molecular weight excluding hydrogens is 296 g/mol. The minimum atomic E-state index is -1.46. The largest absolute Gasteiger partial charge is 0.456 e. The van der Waals surface area contributed by atoms with Crippen LogP contribution in [0.5, 0.6) is 0 Å². The normalized spacial score (nSPS) is 27.8. The Bertz CT molecular complexity index is 408. The summed E-state index contributed by atoms with van der Waals surface area (Å²) in [6.45, 7) is 4.63. The molecule has 0 aromatic heterocycles. The van der Waals surface area contributed by atoms with Crippen LogP contribution in [0.15, 0.2) is 0 Å². The van der Waals surface area contributed by atoms with E-state index < -0.39 is 42.5 Å². The molecular formula is C14H22O8. The number of carbonyl (C=O) groups excluding carboxylic acids is 3. The van der Waals surface area contributed by atoms with E-state index in [1.54, 1.807) is 20.8 Å². The Morgan fingerprint density at radius 3 is 1.86 bits per heavy atom. The summed E-state index contributed by atoms with van der Waals surface area (Å²) in [5.74, 6) is -1.66. The molecule has 0 aliphatic carbocycles. The van der Waals surface area contributed by atoms with Gasteiger partial charge in [-0.3, -0.25) is 14.4 Å². The maximum Gasteiger partial charge on any atom is 0.306 e. The van der Waals surface area contributed by atoms with Gasteiger partial charge in [-0.2, -0.15) is 0 Å². The van der Waals surface area contributed by atoms with Crippen molar-refractivity contribution in [2.75, 3.05) is 6.61 Å². The van der Waals surface area contributed by atoms with Gasteiger partial charge >= 0.3 is 17.9 Å². The van der Waals surface area contributed by atoms with Gasteiger partial charge in [-0.25, -0.2) is 0 Å². The summed E-state index contributed by atoms with van der Waals surface area (Å²) >= 11 is 0. The van der Waals surface area contributed by atoms with Gasteiger partial charge in [-0.1, -0.05) is 20.8 Å². The van der Waals surface area contributed by atoms with Crippen molar-refractivity contribution in [1.29, 1.82) is 0 Å².